The Balaban J connectivity index is 2.40. The molecule has 0 aliphatic heterocycles. The Morgan fingerprint density at radius 1 is 1.33 bits per heavy atom. The first-order valence-corrected chi connectivity index (χ1v) is 7.10. The van der Waals surface area contributed by atoms with E-state index in [0.29, 0.717) is 17.8 Å². The fraction of sp³-hybridized carbons (Fsp3) is 0.688. The third-order valence-electron chi connectivity index (χ3n) is 4.38. The lowest BCUT2D eigenvalue weighted by atomic mass is 9.65. The van der Waals surface area contributed by atoms with Crippen LogP contribution in [0.15, 0.2) is 18.2 Å². The molecule has 2 heteroatoms. The van der Waals surface area contributed by atoms with E-state index >= 15 is 0 Å². The van der Waals surface area contributed by atoms with Crippen molar-refractivity contribution in [3.63, 3.8) is 0 Å². The summed E-state index contributed by atoms with van der Waals surface area (Å²) in [6.45, 7) is 8.64. The van der Waals surface area contributed by atoms with E-state index in [1.807, 2.05) is 25.1 Å². The van der Waals surface area contributed by atoms with Crippen molar-refractivity contribution >= 4 is 0 Å². The second-order valence-electron chi connectivity index (χ2n) is 6.33. The van der Waals surface area contributed by atoms with Crippen LogP contribution in [0.4, 0.5) is 0 Å². The average molecular weight is 247 g/mol. The zero-order valence-corrected chi connectivity index (χ0v) is 12.0. The summed E-state index contributed by atoms with van der Waals surface area (Å²) < 4.78 is 0. The summed E-state index contributed by atoms with van der Waals surface area (Å²) in [6, 6.07) is 5.98. The molecule has 18 heavy (non-hydrogen) atoms. The minimum absolute atomic E-state index is 0.322. The Hall–Kier alpha value is -0.890. The standard InChI is InChI=1S/C16H25NO/c1-11(2)14-9-8-12(3)10-16(14,18)15-7-5-6-13(4)17-15/h5-7,11-12,14,18H,8-10H2,1-4H3/t12-,14+,16+/m1/s1. The molecule has 0 saturated heterocycles. The number of rotatable bonds is 2. The number of hydrogen-bond donors (Lipinski definition) is 1. The van der Waals surface area contributed by atoms with Crippen LogP contribution in [0.2, 0.25) is 0 Å². The van der Waals surface area contributed by atoms with Gasteiger partial charge in [0, 0.05) is 5.69 Å². The number of aromatic nitrogens is 1. The van der Waals surface area contributed by atoms with Gasteiger partial charge in [0.25, 0.3) is 0 Å². The summed E-state index contributed by atoms with van der Waals surface area (Å²) in [6.07, 6.45) is 3.16. The van der Waals surface area contributed by atoms with Crippen LogP contribution < -0.4 is 0 Å². The van der Waals surface area contributed by atoms with Crippen LogP contribution in [0.25, 0.3) is 0 Å². The summed E-state index contributed by atoms with van der Waals surface area (Å²) in [4.78, 5) is 4.59. The Bertz CT molecular complexity index is 415. The van der Waals surface area contributed by atoms with Gasteiger partial charge < -0.3 is 5.11 Å². The zero-order chi connectivity index (χ0) is 13.3. The number of pyridine rings is 1. The van der Waals surface area contributed by atoms with Gasteiger partial charge in [0.1, 0.15) is 5.60 Å². The monoisotopic (exact) mass is 247 g/mol. The maximum atomic E-state index is 11.2. The van der Waals surface area contributed by atoms with E-state index in [1.165, 1.54) is 6.42 Å². The molecule has 1 aliphatic rings. The molecule has 1 aliphatic carbocycles. The van der Waals surface area contributed by atoms with Crippen molar-refractivity contribution in [2.75, 3.05) is 0 Å². The molecule has 1 heterocycles. The molecule has 0 amide bonds. The minimum atomic E-state index is -0.738. The van der Waals surface area contributed by atoms with Crippen LogP contribution in [-0.2, 0) is 5.60 Å². The Morgan fingerprint density at radius 2 is 2.06 bits per heavy atom. The number of nitrogens with zero attached hydrogens (tertiary/aromatic N) is 1. The highest BCUT2D eigenvalue weighted by Gasteiger charge is 2.44. The van der Waals surface area contributed by atoms with Gasteiger partial charge in [-0.3, -0.25) is 4.98 Å². The molecule has 1 aromatic heterocycles. The maximum absolute atomic E-state index is 11.2. The van der Waals surface area contributed by atoms with Crippen molar-refractivity contribution in [2.45, 2.75) is 52.6 Å². The predicted molar refractivity (Wildman–Crippen MR) is 74.2 cm³/mol. The number of hydrogen-bond acceptors (Lipinski definition) is 2. The van der Waals surface area contributed by atoms with Gasteiger partial charge in [-0.25, -0.2) is 0 Å². The van der Waals surface area contributed by atoms with Crippen LogP contribution in [0, 0.1) is 24.7 Å². The highest BCUT2D eigenvalue weighted by Crippen LogP contribution is 2.46. The lowest BCUT2D eigenvalue weighted by molar-refractivity contribution is -0.0897. The van der Waals surface area contributed by atoms with Crippen LogP contribution in [0.1, 0.15) is 51.4 Å². The molecule has 0 unspecified atom stereocenters. The molecule has 1 N–H and O–H groups in total. The van der Waals surface area contributed by atoms with Crippen molar-refractivity contribution in [3.05, 3.63) is 29.6 Å². The SMILES string of the molecule is Cc1cccc([C@]2(O)C[C@H](C)CC[C@H]2C(C)C)n1. The molecular weight excluding hydrogens is 222 g/mol. The third kappa shape index (κ3) is 2.44. The van der Waals surface area contributed by atoms with E-state index in [4.69, 9.17) is 0 Å². The highest BCUT2D eigenvalue weighted by atomic mass is 16.3. The van der Waals surface area contributed by atoms with E-state index in [0.717, 1.165) is 24.2 Å². The zero-order valence-electron chi connectivity index (χ0n) is 12.0. The first kappa shape index (κ1) is 13.5. The molecule has 0 spiro atoms. The van der Waals surface area contributed by atoms with Crippen LogP contribution >= 0.6 is 0 Å². The van der Waals surface area contributed by atoms with E-state index in [-0.39, 0.29) is 0 Å². The van der Waals surface area contributed by atoms with Crippen molar-refractivity contribution in [3.8, 4) is 0 Å². The molecule has 1 saturated carbocycles. The van der Waals surface area contributed by atoms with E-state index in [9.17, 15) is 5.11 Å². The predicted octanol–water partition coefficient (Wildman–Crippen LogP) is 3.67. The van der Waals surface area contributed by atoms with Gasteiger partial charge in [-0.2, -0.15) is 0 Å². The largest absolute Gasteiger partial charge is 0.383 e. The van der Waals surface area contributed by atoms with E-state index in [2.05, 4.69) is 25.8 Å². The summed E-state index contributed by atoms with van der Waals surface area (Å²) in [5, 5.41) is 11.2. The van der Waals surface area contributed by atoms with E-state index in [1.54, 1.807) is 0 Å². The number of aryl methyl sites for hydroxylation is 1. The molecule has 2 nitrogen and oxygen atoms in total. The van der Waals surface area contributed by atoms with Crippen molar-refractivity contribution in [1.82, 2.24) is 4.98 Å². The van der Waals surface area contributed by atoms with Gasteiger partial charge in [0.05, 0.1) is 5.69 Å². The minimum Gasteiger partial charge on any atom is -0.383 e. The summed E-state index contributed by atoms with van der Waals surface area (Å²) in [7, 11) is 0. The topological polar surface area (TPSA) is 33.1 Å². The molecule has 0 aromatic carbocycles. The fourth-order valence-corrected chi connectivity index (χ4v) is 3.45. The van der Waals surface area contributed by atoms with E-state index < -0.39 is 5.60 Å². The van der Waals surface area contributed by atoms with Crippen molar-refractivity contribution in [1.29, 1.82) is 0 Å². The molecule has 1 aromatic rings. The smallest absolute Gasteiger partial charge is 0.110 e. The van der Waals surface area contributed by atoms with Crippen LogP contribution in [0.5, 0.6) is 0 Å². The highest BCUT2D eigenvalue weighted by molar-refractivity contribution is 5.19. The third-order valence-corrected chi connectivity index (χ3v) is 4.38. The lowest BCUT2D eigenvalue weighted by Crippen LogP contribution is -2.43. The van der Waals surface area contributed by atoms with Gasteiger partial charge >= 0.3 is 0 Å². The van der Waals surface area contributed by atoms with Crippen molar-refractivity contribution in [2.24, 2.45) is 17.8 Å². The molecule has 3 atom stereocenters. The number of aliphatic hydroxyl groups is 1. The second kappa shape index (κ2) is 5.00. The Morgan fingerprint density at radius 3 is 2.67 bits per heavy atom. The molecule has 100 valence electrons. The molecule has 0 radical (unpaired) electrons. The molecular formula is C16H25NO. The van der Waals surface area contributed by atoms with Gasteiger partial charge in [-0.1, -0.05) is 33.3 Å². The van der Waals surface area contributed by atoms with Gasteiger partial charge in [-0.15, -0.1) is 0 Å². The summed E-state index contributed by atoms with van der Waals surface area (Å²) in [5.41, 5.74) is 1.12. The lowest BCUT2D eigenvalue weighted by Gasteiger charge is -2.44. The van der Waals surface area contributed by atoms with Gasteiger partial charge in [0.2, 0.25) is 0 Å². The Kier molecular flexibility index (Phi) is 3.76. The Labute approximate surface area is 110 Å². The van der Waals surface area contributed by atoms with Crippen LogP contribution in [0.3, 0.4) is 0 Å². The molecule has 2 rings (SSSR count). The summed E-state index contributed by atoms with van der Waals surface area (Å²) in [5.74, 6) is 1.39. The van der Waals surface area contributed by atoms with Crippen molar-refractivity contribution < 1.29 is 5.11 Å². The first-order valence-electron chi connectivity index (χ1n) is 7.10. The van der Waals surface area contributed by atoms with Gasteiger partial charge in [0.15, 0.2) is 0 Å². The summed E-state index contributed by atoms with van der Waals surface area (Å²) >= 11 is 0. The molecule has 1 fully saturated rings. The normalized spacial score (nSPS) is 32.8. The fourth-order valence-electron chi connectivity index (χ4n) is 3.45. The second-order valence-corrected chi connectivity index (χ2v) is 6.33. The quantitative estimate of drug-likeness (QED) is 0.865. The maximum Gasteiger partial charge on any atom is 0.110 e. The van der Waals surface area contributed by atoms with Gasteiger partial charge in [-0.05, 0) is 49.7 Å². The molecule has 0 bridgehead atoms. The first-order chi connectivity index (χ1) is 8.43. The van der Waals surface area contributed by atoms with Crippen LogP contribution in [-0.4, -0.2) is 10.1 Å². The average Bonchev–Trinajstić information content (AvgIpc) is 2.28.